The zero-order valence-electron chi connectivity index (χ0n) is 17.3. The molecule has 1 aromatic carbocycles. The van der Waals surface area contributed by atoms with Gasteiger partial charge in [0.05, 0.1) is 6.61 Å². The summed E-state index contributed by atoms with van der Waals surface area (Å²) in [5.74, 6) is -0.115. The fourth-order valence-corrected chi connectivity index (χ4v) is 3.71. The summed E-state index contributed by atoms with van der Waals surface area (Å²) in [4.78, 5) is 39.6. The molecule has 2 aliphatic rings. The van der Waals surface area contributed by atoms with E-state index in [0.29, 0.717) is 44.6 Å². The first kappa shape index (κ1) is 21.3. The van der Waals surface area contributed by atoms with E-state index in [0.717, 1.165) is 18.4 Å². The van der Waals surface area contributed by atoms with E-state index in [1.807, 2.05) is 36.1 Å². The van der Waals surface area contributed by atoms with Crippen LogP contribution in [0, 0.1) is 18.8 Å². The zero-order valence-corrected chi connectivity index (χ0v) is 17.3. The smallest absolute Gasteiger partial charge is 0.253 e. The van der Waals surface area contributed by atoms with E-state index in [-0.39, 0.29) is 29.6 Å². The summed E-state index contributed by atoms with van der Waals surface area (Å²) in [6.07, 6.45) is 3.16. The summed E-state index contributed by atoms with van der Waals surface area (Å²) in [7, 11) is 1.58. The van der Waals surface area contributed by atoms with E-state index in [1.165, 1.54) is 0 Å². The van der Waals surface area contributed by atoms with Crippen LogP contribution in [0.25, 0.3) is 0 Å². The number of methoxy groups -OCH3 is 1. The largest absolute Gasteiger partial charge is 0.383 e. The Kier molecular flexibility index (Phi) is 7.25. The van der Waals surface area contributed by atoms with Gasteiger partial charge in [0.1, 0.15) is 6.04 Å². The number of likely N-dealkylation sites (tertiary alicyclic amines) is 1. The number of ether oxygens (including phenoxy) is 1. The lowest BCUT2D eigenvalue weighted by Crippen LogP contribution is -2.54. The van der Waals surface area contributed by atoms with Gasteiger partial charge in [0.15, 0.2) is 0 Å². The van der Waals surface area contributed by atoms with Crippen LogP contribution >= 0.6 is 0 Å². The molecule has 1 aliphatic carbocycles. The van der Waals surface area contributed by atoms with Crippen LogP contribution < -0.4 is 10.6 Å². The van der Waals surface area contributed by atoms with E-state index in [2.05, 4.69) is 10.6 Å². The molecule has 3 rings (SSSR count). The molecule has 0 bridgehead atoms. The SMILES string of the molecule is COCCNC(=O)[C@@H](NC(=O)C1CC1)C1CCN(C(=O)c2ccc(C)cc2)CC1. The highest BCUT2D eigenvalue weighted by Gasteiger charge is 2.37. The molecule has 158 valence electrons. The summed E-state index contributed by atoms with van der Waals surface area (Å²) < 4.78 is 4.99. The molecule has 1 heterocycles. The van der Waals surface area contributed by atoms with Crippen molar-refractivity contribution in [2.45, 2.75) is 38.6 Å². The molecular formula is C22H31N3O4. The zero-order chi connectivity index (χ0) is 20.8. The minimum Gasteiger partial charge on any atom is -0.383 e. The van der Waals surface area contributed by atoms with Crippen LogP contribution in [0.1, 0.15) is 41.6 Å². The molecular weight excluding hydrogens is 370 g/mol. The monoisotopic (exact) mass is 401 g/mol. The lowest BCUT2D eigenvalue weighted by atomic mass is 9.88. The van der Waals surface area contributed by atoms with E-state index in [9.17, 15) is 14.4 Å². The van der Waals surface area contributed by atoms with Crippen LogP contribution in [0.4, 0.5) is 0 Å². The van der Waals surface area contributed by atoms with Gasteiger partial charge in [0.25, 0.3) is 5.91 Å². The summed E-state index contributed by atoms with van der Waals surface area (Å²) in [5, 5.41) is 5.81. The second kappa shape index (κ2) is 9.87. The first-order valence-corrected chi connectivity index (χ1v) is 10.4. The maximum atomic E-state index is 12.7. The molecule has 29 heavy (non-hydrogen) atoms. The van der Waals surface area contributed by atoms with Gasteiger partial charge < -0.3 is 20.3 Å². The highest BCUT2D eigenvalue weighted by Crippen LogP contribution is 2.30. The Morgan fingerprint density at radius 1 is 1.10 bits per heavy atom. The van der Waals surface area contributed by atoms with Crippen LogP contribution in [0.2, 0.25) is 0 Å². The quantitative estimate of drug-likeness (QED) is 0.647. The number of rotatable bonds is 8. The molecule has 7 nitrogen and oxygen atoms in total. The van der Waals surface area contributed by atoms with Gasteiger partial charge in [-0.05, 0) is 50.7 Å². The van der Waals surface area contributed by atoms with E-state index in [1.54, 1.807) is 7.11 Å². The number of nitrogens with zero attached hydrogens (tertiary/aromatic N) is 1. The van der Waals surface area contributed by atoms with Crippen molar-refractivity contribution in [3.63, 3.8) is 0 Å². The third kappa shape index (κ3) is 5.79. The second-order valence-corrected chi connectivity index (χ2v) is 8.04. The van der Waals surface area contributed by atoms with Gasteiger partial charge in [0.2, 0.25) is 11.8 Å². The van der Waals surface area contributed by atoms with Gasteiger partial charge >= 0.3 is 0 Å². The molecule has 0 spiro atoms. The molecule has 2 fully saturated rings. The van der Waals surface area contributed by atoms with Gasteiger partial charge in [-0.15, -0.1) is 0 Å². The van der Waals surface area contributed by atoms with Crippen LogP contribution in [0.15, 0.2) is 24.3 Å². The summed E-state index contributed by atoms with van der Waals surface area (Å²) >= 11 is 0. The van der Waals surface area contributed by atoms with E-state index >= 15 is 0 Å². The average molecular weight is 402 g/mol. The average Bonchev–Trinajstić information content (AvgIpc) is 3.58. The number of hydrogen-bond donors (Lipinski definition) is 2. The third-order valence-electron chi connectivity index (χ3n) is 5.73. The van der Waals surface area contributed by atoms with E-state index < -0.39 is 6.04 Å². The molecule has 1 saturated heterocycles. The van der Waals surface area contributed by atoms with Crippen molar-refractivity contribution in [2.24, 2.45) is 11.8 Å². The Hall–Kier alpha value is -2.41. The van der Waals surface area contributed by atoms with Crippen molar-refractivity contribution in [2.75, 3.05) is 33.4 Å². The van der Waals surface area contributed by atoms with Gasteiger partial charge in [-0.2, -0.15) is 0 Å². The Morgan fingerprint density at radius 2 is 1.76 bits per heavy atom. The molecule has 2 N–H and O–H groups in total. The van der Waals surface area contributed by atoms with Gasteiger partial charge in [-0.1, -0.05) is 17.7 Å². The van der Waals surface area contributed by atoms with Crippen molar-refractivity contribution >= 4 is 17.7 Å². The van der Waals surface area contributed by atoms with Crippen LogP contribution in [0.3, 0.4) is 0 Å². The highest BCUT2D eigenvalue weighted by molar-refractivity contribution is 5.94. The van der Waals surface area contributed by atoms with E-state index in [4.69, 9.17) is 4.74 Å². The fourth-order valence-electron chi connectivity index (χ4n) is 3.71. The number of hydrogen-bond acceptors (Lipinski definition) is 4. The maximum absolute atomic E-state index is 12.7. The molecule has 1 aliphatic heterocycles. The second-order valence-electron chi connectivity index (χ2n) is 8.04. The Balaban J connectivity index is 1.59. The molecule has 1 saturated carbocycles. The maximum Gasteiger partial charge on any atom is 0.253 e. The highest BCUT2D eigenvalue weighted by atomic mass is 16.5. The molecule has 3 amide bonds. The molecule has 0 unspecified atom stereocenters. The van der Waals surface area contributed by atoms with Gasteiger partial charge in [0, 0.05) is 38.2 Å². The molecule has 1 aromatic rings. The fraction of sp³-hybridized carbons (Fsp3) is 0.591. The summed E-state index contributed by atoms with van der Waals surface area (Å²) in [6, 6.07) is 7.02. The number of carbonyl (C=O) groups is 3. The summed E-state index contributed by atoms with van der Waals surface area (Å²) in [5.41, 5.74) is 1.80. The first-order chi connectivity index (χ1) is 14.0. The number of carbonyl (C=O) groups excluding carboxylic acids is 3. The van der Waals surface area contributed by atoms with Crippen LogP contribution in [-0.2, 0) is 14.3 Å². The Labute approximate surface area is 172 Å². The van der Waals surface area contributed by atoms with Crippen molar-refractivity contribution in [1.29, 1.82) is 0 Å². The minimum atomic E-state index is -0.559. The Bertz CT molecular complexity index is 722. The lowest BCUT2D eigenvalue weighted by Gasteiger charge is -2.36. The lowest BCUT2D eigenvalue weighted by molar-refractivity contribution is -0.131. The molecule has 0 radical (unpaired) electrons. The van der Waals surface area contributed by atoms with Crippen LogP contribution in [0.5, 0.6) is 0 Å². The normalized spacial score (nSPS) is 18.2. The predicted octanol–water partition coefficient (Wildman–Crippen LogP) is 1.50. The van der Waals surface area contributed by atoms with Gasteiger partial charge in [-0.3, -0.25) is 14.4 Å². The van der Waals surface area contributed by atoms with Crippen molar-refractivity contribution < 1.29 is 19.1 Å². The molecule has 1 atom stereocenters. The van der Waals surface area contributed by atoms with Crippen molar-refractivity contribution in [3.05, 3.63) is 35.4 Å². The number of nitrogens with one attached hydrogen (secondary N) is 2. The van der Waals surface area contributed by atoms with Gasteiger partial charge in [-0.25, -0.2) is 0 Å². The number of aryl methyl sites for hydroxylation is 1. The Morgan fingerprint density at radius 3 is 2.34 bits per heavy atom. The first-order valence-electron chi connectivity index (χ1n) is 10.4. The van der Waals surface area contributed by atoms with Crippen LogP contribution in [-0.4, -0.2) is 62.0 Å². The molecule has 0 aromatic heterocycles. The minimum absolute atomic E-state index is 0.0160. The number of piperidine rings is 1. The third-order valence-corrected chi connectivity index (χ3v) is 5.73. The molecule has 7 heteroatoms. The number of benzene rings is 1. The standard InChI is InChI=1S/C22H31N3O4/c1-15-3-5-18(6-4-15)22(28)25-12-9-16(10-13-25)19(21(27)23-11-14-29-2)24-20(26)17-7-8-17/h3-6,16-17,19H,7-14H2,1-2H3,(H,23,27)(H,24,26)/t19-/m0/s1. The summed E-state index contributed by atoms with van der Waals surface area (Å²) in [6.45, 7) is 4.00. The van der Waals surface area contributed by atoms with Crippen molar-refractivity contribution in [1.82, 2.24) is 15.5 Å². The topological polar surface area (TPSA) is 87.7 Å². The predicted molar refractivity (Wildman–Crippen MR) is 109 cm³/mol. The number of amides is 3. The van der Waals surface area contributed by atoms with Crippen molar-refractivity contribution in [3.8, 4) is 0 Å².